The maximum absolute atomic E-state index is 12.2. The molecule has 4 nitrogen and oxygen atoms in total. The van der Waals surface area contributed by atoms with Gasteiger partial charge in [0.25, 0.3) is 0 Å². The monoisotopic (exact) mass is 466 g/mol. The molecule has 4 rings (SSSR count). The second-order valence-electron chi connectivity index (χ2n) is 11.3. The summed E-state index contributed by atoms with van der Waals surface area (Å²) < 4.78 is 11.7. The third-order valence-corrected chi connectivity index (χ3v) is 9.40. The summed E-state index contributed by atoms with van der Waals surface area (Å²) in [6.07, 6.45) is 10.8. The highest BCUT2D eigenvalue weighted by molar-refractivity contribution is 5.66. The minimum absolute atomic E-state index is 0.0354. The Labute approximate surface area is 205 Å². The molecule has 0 aliphatic heterocycles. The zero-order valence-electron chi connectivity index (χ0n) is 21.4. The first-order chi connectivity index (χ1) is 16.2. The molecule has 0 spiro atoms. The summed E-state index contributed by atoms with van der Waals surface area (Å²) in [6, 6.07) is 8.17. The van der Waals surface area contributed by atoms with E-state index >= 15 is 0 Å². The van der Waals surface area contributed by atoms with Crippen molar-refractivity contribution in [3.8, 4) is 5.75 Å². The highest BCUT2D eigenvalue weighted by Gasteiger charge is 2.58. The smallest absolute Gasteiger partial charge is 0.302 e. The van der Waals surface area contributed by atoms with Crippen LogP contribution in [0.4, 0.5) is 0 Å². The second kappa shape index (κ2) is 9.89. The summed E-state index contributed by atoms with van der Waals surface area (Å²) in [5.41, 5.74) is 2.48. The molecule has 2 unspecified atom stereocenters. The van der Waals surface area contributed by atoms with Gasteiger partial charge in [-0.1, -0.05) is 50.3 Å². The van der Waals surface area contributed by atoms with Crippen LogP contribution >= 0.6 is 0 Å². The number of hydrogen-bond donors (Lipinski definition) is 1. The van der Waals surface area contributed by atoms with E-state index in [1.165, 1.54) is 5.57 Å². The number of carbonyl (C=O) groups excluding carboxylic acids is 1. The summed E-state index contributed by atoms with van der Waals surface area (Å²) in [4.78, 5) is 12.2. The van der Waals surface area contributed by atoms with Crippen LogP contribution in [0.1, 0.15) is 78.2 Å². The number of benzene rings is 1. The van der Waals surface area contributed by atoms with Gasteiger partial charge in [0.15, 0.2) is 0 Å². The van der Waals surface area contributed by atoms with E-state index in [9.17, 15) is 9.90 Å². The predicted octanol–water partition coefficient (Wildman–Crippen LogP) is 6.58. The molecule has 7 atom stereocenters. The third-order valence-electron chi connectivity index (χ3n) is 9.40. The summed E-state index contributed by atoms with van der Waals surface area (Å²) in [5.74, 6) is 1.53. The molecule has 0 saturated heterocycles. The Balaban J connectivity index is 1.62. The fourth-order valence-electron chi connectivity index (χ4n) is 7.22. The van der Waals surface area contributed by atoms with Crippen molar-refractivity contribution in [2.75, 3.05) is 6.61 Å². The lowest BCUT2D eigenvalue weighted by Crippen LogP contribution is -2.53. The minimum atomic E-state index is -0.282. The van der Waals surface area contributed by atoms with Crippen LogP contribution in [0.25, 0.3) is 6.08 Å². The molecule has 0 heterocycles. The minimum Gasteiger partial charge on any atom is -0.494 e. The first kappa shape index (κ1) is 25.0. The van der Waals surface area contributed by atoms with E-state index < -0.39 is 0 Å². The highest BCUT2D eigenvalue weighted by Crippen LogP contribution is 2.62. The van der Waals surface area contributed by atoms with Gasteiger partial charge in [-0.05, 0) is 86.3 Å². The van der Waals surface area contributed by atoms with Crippen LogP contribution in [0.5, 0.6) is 5.75 Å². The van der Waals surface area contributed by atoms with E-state index in [0.717, 1.165) is 56.3 Å². The molecular weight excluding hydrogens is 424 g/mol. The van der Waals surface area contributed by atoms with Crippen molar-refractivity contribution in [2.45, 2.75) is 84.8 Å². The summed E-state index contributed by atoms with van der Waals surface area (Å²) in [6.45, 7) is 13.3. The molecule has 1 N–H and O–H groups in total. The average Bonchev–Trinajstić information content (AvgIpc) is 3.10. The van der Waals surface area contributed by atoms with E-state index in [1.54, 1.807) is 6.92 Å². The van der Waals surface area contributed by atoms with Gasteiger partial charge in [-0.15, -0.1) is 0 Å². The van der Waals surface area contributed by atoms with E-state index in [-0.39, 0.29) is 40.8 Å². The van der Waals surface area contributed by atoms with Crippen molar-refractivity contribution in [3.63, 3.8) is 0 Å². The second-order valence-corrected chi connectivity index (χ2v) is 11.3. The average molecular weight is 467 g/mol. The number of rotatable bonds is 6. The Kier molecular flexibility index (Phi) is 7.28. The molecule has 3 aliphatic carbocycles. The molecule has 3 fully saturated rings. The van der Waals surface area contributed by atoms with Crippen molar-refractivity contribution >= 4 is 12.0 Å². The van der Waals surface area contributed by atoms with Crippen LogP contribution in [-0.2, 0) is 9.53 Å². The molecule has 0 aromatic heterocycles. The molecule has 0 bridgehead atoms. The number of esters is 1. The number of carbonyl (C=O) groups is 1. The van der Waals surface area contributed by atoms with Gasteiger partial charge in [0.05, 0.1) is 12.7 Å². The number of allylic oxidation sites excluding steroid dienone is 2. The summed E-state index contributed by atoms with van der Waals surface area (Å²) in [5, 5.41) is 10.6. The number of ether oxygens (including phenoxy) is 2. The van der Waals surface area contributed by atoms with Crippen molar-refractivity contribution < 1.29 is 19.4 Å². The van der Waals surface area contributed by atoms with Gasteiger partial charge in [0.1, 0.15) is 11.9 Å². The molecule has 0 radical (unpaired) electrons. The zero-order valence-corrected chi connectivity index (χ0v) is 21.4. The Morgan fingerprint density at radius 3 is 2.56 bits per heavy atom. The largest absolute Gasteiger partial charge is 0.494 e. The molecule has 3 aliphatic rings. The SMILES string of the molecule is C=C1CCC2[C@H](OC(C)=O)C([C@@]3(C)CC[C@H](O)C[C@@H]3C=Cc3ccc(OCC)cc3)CC[C@]12C. The van der Waals surface area contributed by atoms with Crippen LogP contribution in [0.3, 0.4) is 0 Å². The topological polar surface area (TPSA) is 55.8 Å². The Morgan fingerprint density at radius 1 is 1.15 bits per heavy atom. The summed E-state index contributed by atoms with van der Waals surface area (Å²) in [7, 11) is 0. The molecule has 34 heavy (non-hydrogen) atoms. The van der Waals surface area contributed by atoms with Gasteiger partial charge in [0, 0.05) is 18.8 Å². The standard InChI is InChI=1S/C30H42O4/c1-6-33-25-12-9-22(10-13-25)8-11-23-19-24(32)15-17-30(23,5)27-16-18-29(4)20(2)7-14-26(29)28(27)34-21(3)31/h8-13,23-24,26-28,32H,2,6-7,14-19H2,1,3-5H3/t23-,24-,26?,27?,28-,29+,30-/m0/s1. The van der Waals surface area contributed by atoms with Crippen LogP contribution in [0.15, 0.2) is 42.5 Å². The first-order valence-electron chi connectivity index (χ1n) is 13.1. The quantitative estimate of drug-likeness (QED) is 0.380. The van der Waals surface area contributed by atoms with Crippen molar-refractivity contribution in [3.05, 3.63) is 48.1 Å². The van der Waals surface area contributed by atoms with Gasteiger partial charge in [-0.3, -0.25) is 4.79 Å². The Morgan fingerprint density at radius 2 is 1.88 bits per heavy atom. The fraction of sp³-hybridized carbons (Fsp3) is 0.633. The maximum atomic E-state index is 12.2. The Bertz CT molecular complexity index is 918. The summed E-state index contributed by atoms with van der Waals surface area (Å²) >= 11 is 0. The van der Waals surface area contributed by atoms with Crippen molar-refractivity contribution in [2.24, 2.45) is 28.6 Å². The van der Waals surface area contributed by atoms with Gasteiger partial charge in [0.2, 0.25) is 0 Å². The lowest BCUT2D eigenvalue weighted by molar-refractivity contribution is -0.171. The fourth-order valence-corrected chi connectivity index (χ4v) is 7.22. The molecule has 1 aromatic carbocycles. The van der Waals surface area contributed by atoms with Gasteiger partial charge < -0.3 is 14.6 Å². The van der Waals surface area contributed by atoms with Crippen LogP contribution in [0, 0.1) is 28.6 Å². The van der Waals surface area contributed by atoms with Crippen molar-refractivity contribution in [1.82, 2.24) is 0 Å². The molecule has 1 aromatic rings. The third kappa shape index (κ3) is 4.71. The van der Waals surface area contributed by atoms with Gasteiger partial charge >= 0.3 is 5.97 Å². The van der Waals surface area contributed by atoms with Crippen LogP contribution < -0.4 is 4.74 Å². The van der Waals surface area contributed by atoms with E-state index in [4.69, 9.17) is 9.47 Å². The van der Waals surface area contributed by atoms with Crippen LogP contribution in [0.2, 0.25) is 0 Å². The Hall–Kier alpha value is -2.07. The van der Waals surface area contributed by atoms with Gasteiger partial charge in [-0.25, -0.2) is 0 Å². The first-order valence-corrected chi connectivity index (χ1v) is 13.1. The molecular formula is C30H42O4. The number of aliphatic hydroxyl groups excluding tert-OH is 1. The lowest BCUT2D eigenvalue weighted by atomic mass is 9.51. The molecule has 3 saturated carbocycles. The maximum Gasteiger partial charge on any atom is 0.302 e. The highest BCUT2D eigenvalue weighted by atomic mass is 16.5. The number of hydrogen-bond acceptors (Lipinski definition) is 4. The molecule has 4 heteroatoms. The zero-order chi connectivity index (χ0) is 24.5. The van der Waals surface area contributed by atoms with E-state index in [0.29, 0.717) is 12.5 Å². The molecule has 0 amide bonds. The normalized spacial score (nSPS) is 38.0. The van der Waals surface area contributed by atoms with E-state index in [2.05, 4.69) is 44.7 Å². The lowest BCUT2D eigenvalue weighted by Gasteiger charge is -2.55. The number of aliphatic hydroxyl groups is 1. The van der Waals surface area contributed by atoms with Gasteiger partial charge in [-0.2, -0.15) is 0 Å². The predicted molar refractivity (Wildman–Crippen MR) is 136 cm³/mol. The van der Waals surface area contributed by atoms with E-state index in [1.807, 2.05) is 19.1 Å². The molecule has 186 valence electrons. The number of fused-ring (bicyclic) bond motifs is 1. The van der Waals surface area contributed by atoms with Crippen molar-refractivity contribution in [1.29, 1.82) is 0 Å². The van der Waals surface area contributed by atoms with Crippen LogP contribution in [-0.4, -0.2) is 29.9 Å².